The average Bonchev–Trinajstić information content (AvgIpc) is 2.73. The third-order valence-electron chi connectivity index (χ3n) is 3.08. The van der Waals surface area contributed by atoms with Crippen molar-refractivity contribution in [2.45, 2.75) is 39.1 Å². The maximum atomic E-state index is 12.5. The largest absolute Gasteiger partial charge is 0.276 e. The van der Waals surface area contributed by atoms with E-state index in [1.54, 1.807) is 10.9 Å². The standard InChI is InChI=1S/C14H19N3O2S/c1-5-17-9-13(8-15-17)16-20(18,19)14-11(3)6-10(2)7-12(14)4/h6-9,16H,5H2,1-4H3. The molecule has 0 unspecified atom stereocenters. The molecule has 0 saturated heterocycles. The molecule has 0 bridgehead atoms. The Hall–Kier alpha value is -1.82. The van der Waals surface area contributed by atoms with Crippen LogP contribution in [0.25, 0.3) is 0 Å². The number of nitrogens with zero attached hydrogens (tertiary/aromatic N) is 2. The van der Waals surface area contributed by atoms with Crippen molar-refractivity contribution in [3.63, 3.8) is 0 Å². The molecular formula is C14H19N3O2S. The van der Waals surface area contributed by atoms with Crippen LogP contribution in [-0.2, 0) is 16.6 Å². The first-order valence-electron chi connectivity index (χ1n) is 6.46. The van der Waals surface area contributed by atoms with E-state index in [1.807, 2.05) is 39.8 Å². The highest BCUT2D eigenvalue weighted by atomic mass is 32.2. The third-order valence-corrected chi connectivity index (χ3v) is 4.77. The molecule has 1 N–H and O–H groups in total. The summed E-state index contributed by atoms with van der Waals surface area (Å²) < 4.78 is 29.3. The van der Waals surface area contributed by atoms with Gasteiger partial charge in [0.2, 0.25) is 0 Å². The fraction of sp³-hybridized carbons (Fsp3) is 0.357. The Kier molecular flexibility index (Phi) is 3.85. The van der Waals surface area contributed by atoms with Crippen LogP contribution in [0.5, 0.6) is 0 Å². The zero-order chi connectivity index (χ0) is 14.9. The molecule has 6 heteroatoms. The van der Waals surface area contributed by atoms with Gasteiger partial charge in [0.15, 0.2) is 0 Å². The summed E-state index contributed by atoms with van der Waals surface area (Å²) in [5.41, 5.74) is 3.03. The zero-order valence-corrected chi connectivity index (χ0v) is 13.0. The summed E-state index contributed by atoms with van der Waals surface area (Å²) in [7, 11) is -3.59. The first kappa shape index (κ1) is 14.6. The number of nitrogens with one attached hydrogen (secondary N) is 1. The molecule has 0 saturated carbocycles. The van der Waals surface area contributed by atoms with Crippen LogP contribution in [0.3, 0.4) is 0 Å². The normalized spacial score (nSPS) is 11.6. The number of benzene rings is 1. The number of aromatic nitrogens is 2. The molecule has 0 aliphatic heterocycles. The molecule has 108 valence electrons. The summed E-state index contributed by atoms with van der Waals surface area (Å²) in [6, 6.07) is 3.74. The SMILES string of the molecule is CCn1cc(NS(=O)(=O)c2c(C)cc(C)cc2C)cn1. The Balaban J connectivity index is 2.40. The van der Waals surface area contributed by atoms with Gasteiger partial charge in [-0.1, -0.05) is 17.7 Å². The van der Waals surface area contributed by atoms with E-state index >= 15 is 0 Å². The molecule has 0 spiro atoms. The monoisotopic (exact) mass is 293 g/mol. The predicted molar refractivity (Wildman–Crippen MR) is 79.4 cm³/mol. The maximum Gasteiger partial charge on any atom is 0.262 e. The van der Waals surface area contributed by atoms with Crippen molar-refractivity contribution in [2.24, 2.45) is 0 Å². The van der Waals surface area contributed by atoms with Crippen molar-refractivity contribution < 1.29 is 8.42 Å². The second-order valence-corrected chi connectivity index (χ2v) is 6.54. The molecule has 0 atom stereocenters. The number of hydrogen-bond acceptors (Lipinski definition) is 3. The summed E-state index contributed by atoms with van der Waals surface area (Å²) in [6.45, 7) is 8.22. The first-order valence-corrected chi connectivity index (χ1v) is 7.95. The van der Waals surface area contributed by atoms with Gasteiger partial charge in [-0.2, -0.15) is 5.10 Å². The fourth-order valence-electron chi connectivity index (χ4n) is 2.39. The van der Waals surface area contributed by atoms with Crippen LogP contribution in [0, 0.1) is 20.8 Å². The van der Waals surface area contributed by atoms with Gasteiger partial charge in [0.05, 0.1) is 16.8 Å². The molecular weight excluding hydrogens is 274 g/mol. The lowest BCUT2D eigenvalue weighted by Gasteiger charge is -2.12. The Morgan fingerprint density at radius 1 is 1.20 bits per heavy atom. The lowest BCUT2D eigenvalue weighted by Crippen LogP contribution is -2.15. The van der Waals surface area contributed by atoms with Crippen LogP contribution >= 0.6 is 0 Å². The van der Waals surface area contributed by atoms with Gasteiger partial charge in [-0.05, 0) is 38.8 Å². The van der Waals surface area contributed by atoms with Gasteiger partial charge in [-0.25, -0.2) is 8.42 Å². The number of aryl methyl sites for hydroxylation is 4. The molecule has 1 aromatic heterocycles. The third kappa shape index (κ3) is 2.85. The number of anilines is 1. The van der Waals surface area contributed by atoms with E-state index in [1.165, 1.54) is 6.20 Å². The van der Waals surface area contributed by atoms with E-state index in [0.29, 0.717) is 17.1 Å². The van der Waals surface area contributed by atoms with Gasteiger partial charge < -0.3 is 0 Å². The van der Waals surface area contributed by atoms with Crippen molar-refractivity contribution in [3.05, 3.63) is 41.2 Å². The van der Waals surface area contributed by atoms with Crippen LogP contribution in [0.4, 0.5) is 5.69 Å². The van der Waals surface area contributed by atoms with Crippen molar-refractivity contribution in [1.82, 2.24) is 9.78 Å². The van der Waals surface area contributed by atoms with Gasteiger partial charge in [-0.15, -0.1) is 0 Å². The van der Waals surface area contributed by atoms with Crippen molar-refractivity contribution >= 4 is 15.7 Å². The molecule has 1 aromatic carbocycles. The molecule has 0 fully saturated rings. The summed E-state index contributed by atoms with van der Waals surface area (Å²) in [4.78, 5) is 0.340. The zero-order valence-electron chi connectivity index (χ0n) is 12.1. The number of rotatable bonds is 4. The second-order valence-electron chi connectivity index (χ2n) is 4.92. The molecule has 2 aromatic rings. The van der Waals surface area contributed by atoms with E-state index in [0.717, 1.165) is 16.7 Å². The van der Waals surface area contributed by atoms with E-state index in [2.05, 4.69) is 9.82 Å². The van der Waals surface area contributed by atoms with E-state index in [4.69, 9.17) is 0 Å². The van der Waals surface area contributed by atoms with Crippen molar-refractivity contribution in [1.29, 1.82) is 0 Å². The fourth-order valence-corrected chi connectivity index (χ4v) is 3.87. The van der Waals surface area contributed by atoms with Crippen LogP contribution in [0.2, 0.25) is 0 Å². The highest BCUT2D eigenvalue weighted by molar-refractivity contribution is 7.92. The van der Waals surface area contributed by atoms with Crippen molar-refractivity contribution in [3.8, 4) is 0 Å². The molecule has 1 heterocycles. The smallest absolute Gasteiger partial charge is 0.262 e. The molecule has 0 radical (unpaired) electrons. The van der Waals surface area contributed by atoms with E-state index in [-0.39, 0.29) is 0 Å². The van der Waals surface area contributed by atoms with Gasteiger partial charge in [-0.3, -0.25) is 9.40 Å². The topological polar surface area (TPSA) is 64.0 Å². The van der Waals surface area contributed by atoms with E-state index in [9.17, 15) is 8.42 Å². The lowest BCUT2D eigenvalue weighted by atomic mass is 10.1. The predicted octanol–water partition coefficient (Wildman–Crippen LogP) is 2.63. The van der Waals surface area contributed by atoms with Gasteiger partial charge in [0.25, 0.3) is 10.0 Å². The number of hydrogen-bond donors (Lipinski definition) is 1. The Morgan fingerprint density at radius 2 is 1.80 bits per heavy atom. The Labute approximate surface area is 119 Å². The van der Waals surface area contributed by atoms with Crippen LogP contribution in [-0.4, -0.2) is 18.2 Å². The van der Waals surface area contributed by atoms with E-state index < -0.39 is 10.0 Å². The summed E-state index contributed by atoms with van der Waals surface area (Å²) in [5, 5.41) is 4.06. The molecule has 20 heavy (non-hydrogen) atoms. The number of sulfonamides is 1. The minimum Gasteiger partial charge on any atom is -0.276 e. The highest BCUT2D eigenvalue weighted by Gasteiger charge is 2.20. The quantitative estimate of drug-likeness (QED) is 0.942. The second kappa shape index (κ2) is 5.28. The molecule has 2 rings (SSSR count). The average molecular weight is 293 g/mol. The molecule has 5 nitrogen and oxygen atoms in total. The summed E-state index contributed by atoms with van der Waals surface area (Å²) in [5.74, 6) is 0. The van der Waals surface area contributed by atoms with Crippen molar-refractivity contribution in [2.75, 3.05) is 4.72 Å². The molecule has 0 amide bonds. The Morgan fingerprint density at radius 3 is 2.30 bits per heavy atom. The maximum absolute atomic E-state index is 12.5. The molecule has 0 aliphatic rings. The minimum atomic E-state index is -3.59. The minimum absolute atomic E-state index is 0.340. The summed E-state index contributed by atoms with van der Waals surface area (Å²) >= 11 is 0. The first-order chi connectivity index (χ1) is 9.33. The van der Waals surface area contributed by atoms with Crippen LogP contribution in [0.15, 0.2) is 29.4 Å². The van der Waals surface area contributed by atoms with Gasteiger partial charge in [0, 0.05) is 12.7 Å². The van der Waals surface area contributed by atoms with Crippen LogP contribution < -0.4 is 4.72 Å². The summed E-state index contributed by atoms with van der Waals surface area (Å²) in [6.07, 6.45) is 3.19. The van der Waals surface area contributed by atoms with Gasteiger partial charge in [0.1, 0.15) is 0 Å². The highest BCUT2D eigenvalue weighted by Crippen LogP contribution is 2.24. The van der Waals surface area contributed by atoms with Gasteiger partial charge >= 0.3 is 0 Å². The Bertz CT molecular complexity index is 710. The van der Waals surface area contributed by atoms with Crippen LogP contribution in [0.1, 0.15) is 23.6 Å². The lowest BCUT2D eigenvalue weighted by molar-refractivity contribution is 0.600. The molecule has 0 aliphatic carbocycles.